The van der Waals surface area contributed by atoms with Crippen LogP contribution in [0.25, 0.3) is 0 Å². The molecule has 0 radical (unpaired) electrons. The number of carbonyl (C=O) groups is 1. The molecule has 7 heteroatoms. The van der Waals surface area contributed by atoms with Gasteiger partial charge in [-0.25, -0.2) is 13.2 Å². The number of anilines is 1. The molecule has 0 unspecified atom stereocenters. The van der Waals surface area contributed by atoms with E-state index in [1.165, 1.54) is 12.1 Å². The molecule has 0 aliphatic heterocycles. The molecule has 2 rings (SSSR count). The molecule has 2 nitrogen and oxygen atoms in total. The second-order valence-electron chi connectivity index (χ2n) is 4.29. The van der Waals surface area contributed by atoms with Crippen LogP contribution in [-0.4, -0.2) is 5.91 Å². The molecule has 0 spiro atoms. The average molecular weight is 334 g/mol. The van der Waals surface area contributed by atoms with Crippen LogP contribution in [0.5, 0.6) is 0 Å². The van der Waals surface area contributed by atoms with Crippen molar-refractivity contribution in [2.45, 2.75) is 6.92 Å². The number of halogens is 5. The van der Waals surface area contributed by atoms with Crippen molar-refractivity contribution in [3.05, 3.63) is 62.9 Å². The fraction of sp³-hybridized carbons (Fsp3) is 0.0714. The van der Waals surface area contributed by atoms with Crippen LogP contribution in [0.15, 0.2) is 24.3 Å². The van der Waals surface area contributed by atoms with E-state index in [0.717, 1.165) is 0 Å². The minimum Gasteiger partial charge on any atom is -0.321 e. The first-order valence-electron chi connectivity index (χ1n) is 5.71. The lowest BCUT2D eigenvalue weighted by atomic mass is 10.1. The van der Waals surface area contributed by atoms with Crippen LogP contribution in [0.3, 0.4) is 0 Å². The summed E-state index contributed by atoms with van der Waals surface area (Å²) < 4.78 is 39.0. The van der Waals surface area contributed by atoms with Gasteiger partial charge < -0.3 is 5.32 Å². The first kappa shape index (κ1) is 15.7. The summed E-state index contributed by atoms with van der Waals surface area (Å²) in [4.78, 5) is 11.9. The van der Waals surface area contributed by atoms with Crippen molar-refractivity contribution >= 4 is 34.8 Å². The molecule has 21 heavy (non-hydrogen) atoms. The van der Waals surface area contributed by atoms with Crippen molar-refractivity contribution in [3.63, 3.8) is 0 Å². The number of carbonyl (C=O) groups excluding carboxylic acids is 1. The Kier molecular flexibility index (Phi) is 4.44. The van der Waals surface area contributed by atoms with Gasteiger partial charge in [0.2, 0.25) is 0 Å². The molecule has 0 saturated heterocycles. The molecule has 0 aliphatic carbocycles. The van der Waals surface area contributed by atoms with Gasteiger partial charge in [-0.05, 0) is 36.8 Å². The molecule has 0 aliphatic rings. The third-order valence-electron chi connectivity index (χ3n) is 2.74. The van der Waals surface area contributed by atoms with E-state index in [1.54, 1.807) is 6.92 Å². The van der Waals surface area contributed by atoms with Gasteiger partial charge in [0.15, 0.2) is 17.5 Å². The van der Waals surface area contributed by atoms with E-state index in [4.69, 9.17) is 23.2 Å². The third-order valence-corrected chi connectivity index (χ3v) is 3.46. The summed E-state index contributed by atoms with van der Waals surface area (Å²) in [6.07, 6.45) is 0. The molecule has 0 heterocycles. The number of hydrogen-bond acceptors (Lipinski definition) is 1. The van der Waals surface area contributed by atoms with Crippen LogP contribution in [0.4, 0.5) is 18.9 Å². The largest absolute Gasteiger partial charge is 0.321 e. The maximum Gasteiger partial charge on any atom is 0.255 e. The Labute approximate surface area is 128 Å². The highest BCUT2D eigenvalue weighted by molar-refractivity contribution is 6.36. The van der Waals surface area contributed by atoms with Gasteiger partial charge in [-0.15, -0.1) is 0 Å². The molecule has 0 aromatic heterocycles. The van der Waals surface area contributed by atoms with E-state index in [0.29, 0.717) is 22.7 Å². The fourth-order valence-corrected chi connectivity index (χ4v) is 2.05. The second-order valence-corrected chi connectivity index (χ2v) is 5.10. The maximum atomic E-state index is 13.1. The van der Waals surface area contributed by atoms with Gasteiger partial charge in [0.25, 0.3) is 5.91 Å². The van der Waals surface area contributed by atoms with E-state index in [1.807, 2.05) is 0 Å². The summed E-state index contributed by atoms with van der Waals surface area (Å²) in [5, 5.41) is 2.94. The zero-order chi connectivity index (χ0) is 15.7. The monoisotopic (exact) mass is 333 g/mol. The molecular formula is C14H8Cl2F3NO. The Hall–Kier alpha value is -1.72. The Bertz CT molecular complexity index is 711. The molecule has 0 atom stereocenters. The normalized spacial score (nSPS) is 10.6. The highest BCUT2D eigenvalue weighted by atomic mass is 35.5. The Morgan fingerprint density at radius 3 is 2.14 bits per heavy atom. The number of benzene rings is 2. The molecule has 0 fully saturated rings. The van der Waals surface area contributed by atoms with Gasteiger partial charge in [0.1, 0.15) is 0 Å². The van der Waals surface area contributed by atoms with E-state index in [2.05, 4.69) is 5.32 Å². The number of rotatable bonds is 2. The summed E-state index contributed by atoms with van der Waals surface area (Å²) >= 11 is 11.8. The lowest BCUT2D eigenvalue weighted by molar-refractivity contribution is 0.102. The first-order valence-corrected chi connectivity index (χ1v) is 6.46. The van der Waals surface area contributed by atoms with Crippen LogP contribution >= 0.6 is 23.2 Å². The van der Waals surface area contributed by atoms with Crippen LogP contribution in [0.1, 0.15) is 15.9 Å². The molecule has 1 N–H and O–H groups in total. The van der Waals surface area contributed by atoms with Crippen molar-refractivity contribution in [1.82, 2.24) is 0 Å². The minimum absolute atomic E-state index is 0.183. The van der Waals surface area contributed by atoms with Crippen LogP contribution in [0, 0.1) is 24.4 Å². The molecular weight excluding hydrogens is 326 g/mol. The second kappa shape index (κ2) is 5.95. The maximum absolute atomic E-state index is 13.1. The molecule has 0 saturated carbocycles. The molecule has 2 aromatic rings. The Balaban J connectivity index is 2.32. The highest BCUT2D eigenvalue weighted by Gasteiger charge is 2.16. The predicted octanol–water partition coefficient (Wildman–Crippen LogP) is 4.97. The quantitative estimate of drug-likeness (QED) is 0.772. The van der Waals surface area contributed by atoms with Gasteiger partial charge in [-0.1, -0.05) is 23.2 Å². The number of hydrogen-bond donors (Lipinski definition) is 1. The summed E-state index contributed by atoms with van der Waals surface area (Å²) in [6.45, 7) is 1.73. The minimum atomic E-state index is -1.64. The number of aryl methyl sites for hydroxylation is 1. The topological polar surface area (TPSA) is 29.1 Å². The van der Waals surface area contributed by atoms with Gasteiger partial charge in [-0.3, -0.25) is 4.79 Å². The highest BCUT2D eigenvalue weighted by Crippen LogP contribution is 2.29. The third kappa shape index (κ3) is 3.31. The number of amides is 1. The summed E-state index contributed by atoms with van der Waals surface area (Å²) in [5.41, 5.74) is 0.514. The van der Waals surface area contributed by atoms with Gasteiger partial charge in [0, 0.05) is 10.6 Å². The first-order chi connectivity index (χ1) is 9.79. The van der Waals surface area contributed by atoms with Gasteiger partial charge >= 0.3 is 0 Å². The zero-order valence-corrected chi connectivity index (χ0v) is 12.1. The van der Waals surface area contributed by atoms with Crippen LogP contribution in [-0.2, 0) is 0 Å². The SMILES string of the molecule is Cc1cc(Cl)c(NC(=O)c2cc(F)c(F)c(F)c2)cc1Cl. The van der Waals surface area contributed by atoms with E-state index >= 15 is 0 Å². The van der Waals surface area contributed by atoms with Crippen molar-refractivity contribution in [2.24, 2.45) is 0 Å². The molecule has 2 aromatic carbocycles. The summed E-state index contributed by atoms with van der Waals surface area (Å²) in [6, 6.07) is 4.13. The zero-order valence-electron chi connectivity index (χ0n) is 10.6. The Morgan fingerprint density at radius 2 is 1.57 bits per heavy atom. The molecule has 1 amide bonds. The van der Waals surface area contributed by atoms with Crippen molar-refractivity contribution in [2.75, 3.05) is 5.32 Å². The van der Waals surface area contributed by atoms with Crippen molar-refractivity contribution < 1.29 is 18.0 Å². The van der Waals surface area contributed by atoms with E-state index in [-0.39, 0.29) is 16.3 Å². The van der Waals surface area contributed by atoms with Gasteiger partial charge in [0.05, 0.1) is 10.7 Å². The van der Waals surface area contributed by atoms with Crippen molar-refractivity contribution in [3.8, 4) is 0 Å². The lowest BCUT2D eigenvalue weighted by Crippen LogP contribution is -2.13. The van der Waals surface area contributed by atoms with Crippen LogP contribution < -0.4 is 5.32 Å². The Morgan fingerprint density at radius 1 is 1.00 bits per heavy atom. The van der Waals surface area contributed by atoms with E-state index < -0.39 is 23.4 Å². The summed E-state index contributed by atoms with van der Waals surface area (Å²) in [7, 11) is 0. The fourth-order valence-electron chi connectivity index (χ4n) is 1.62. The number of nitrogens with one attached hydrogen (secondary N) is 1. The standard InChI is InChI=1S/C14H8Cl2F3NO/c1-6-2-9(16)12(5-8(6)15)20-14(21)7-3-10(17)13(19)11(18)4-7/h2-5H,1H3,(H,20,21). The smallest absolute Gasteiger partial charge is 0.255 e. The average Bonchev–Trinajstić information content (AvgIpc) is 2.41. The molecule has 110 valence electrons. The van der Waals surface area contributed by atoms with E-state index in [9.17, 15) is 18.0 Å². The lowest BCUT2D eigenvalue weighted by Gasteiger charge is -2.10. The van der Waals surface area contributed by atoms with Gasteiger partial charge in [-0.2, -0.15) is 0 Å². The van der Waals surface area contributed by atoms with Crippen molar-refractivity contribution in [1.29, 1.82) is 0 Å². The molecule has 0 bridgehead atoms. The van der Waals surface area contributed by atoms with Crippen LogP contribution in [0.2, 0.25) is 10.0 Å². The summed E-state index contributed by atoms with van der Waals surface area (Å²) in [5.74, 6) is -5.38. The predicted molar refractivity (Wildman–Crippen MR) is 75.5 cm³/mol.